The normalized spacial score (nSPS) is 14.1. The Morgan fingerprint density at radius 3 is 2.55 bits per heavy atom. The molecule has 1 aromatic rings. The minimum Gasteiger partial charge on any atom is -0.454 e. The molecule has 0 bridgehead atoms. The molecular weight excluding hydrogens is 304 g/mol. The van der Waals surface area contributed by atoms with E-state index in [4.69, 9.17) is 20.9 Å². The van der Waals surface area contributed by atoms with E-state index in [2.05, 4.69) is 4.99 Å². The summed E-state index contributed by atoms with van der Waals surface area (Å²) in [4.78, 5) is 18.2. The van der Waals surface area contributed by atoms with Crippen molar-refractivity contribution in [1.29, 1.82) is 0 Å². The zero-order valence-corrected chi connectivity index (χ0v) is 13.4. The van der Waals surface area contributed by atoms with Gasteiger partial charge in [-0.2, -0.15) is 0 Å². The highest BCUT2D eigenvalue weighted by molar-refractivity contribution is 8.13. The van der Waals surface area contributed by atoms with Crippen molar-refractivity contribution in [2.24, 2.45) is 16.5 Å². The van der Waals surface area contributed by atoms with Crippen molar-refractivity contribution in [3.05, 3.63) is 29.6 Å². The van der Waals surface area contributed by atoms with Gasteiger partial charge in [-0.25, -0.2) is 4.99 Å². The molecule has 22 heavy (non-hydrogen) atoms. The van der Waals surface area contributed by atoms with Crippen molar-refractivity contribution in [3.63, 3.8) is 0 Å². The number of ether oxygens (including phenoxy) is 2. The number of hydrogen-bond donors (Lipinski definition) is 2. The number of amides is 1. The molecule has 1 aliphatic heterocycles. The van der Waals surface area contributed by atoms with E-state index >= 15 is 0 Å². The first-order chi connectivity index (χ1) is 10.4. The van der Waals surface area contributed by atoms with Crippen molar-refractivity contribution < 1.29 is 14.3 Å². The first-order valence-electron chi connectivity index (χ1n) is 6.48. The second-order valence-electron chi connectivity index (χ2n) is 4.78. The number of nitrogens with two attached hydrogens (primary N) is 2. The third-order valence-corrected chi connectivity index (χ3v) is 4.18. The molecule has 0 fully saturated rings. The largest absolute Gasteiger partial charge is 0.454 e. The Labute approximate surface area is 133 Å². The second kappa shape index (κ2) is 6.61. The molecule has 0 saturated heterocycles. The molecule has 0 saturated carbocycles. The number of hydrogen-bond acceptors (Lipinski definition) is 6. The highest BCUT2D eigenvalue weighted by Gasteiger charge is 2.18. The van der Waals surface area contributed by atoms with Crippen LogP contribution in [0.3, 0.4) is 0 Å². The number of carbonyl (C=O) groups is 1. The summed E-state index contributed by atoms with van der Waals surface area (Å²) in [7, 11) is 3.65. The van der Waals surface area contributed by atoms with Crippen LogP contribution in [0, 0.1) is 6.92 Å². The number of amidine groups is 1. The van der Waals surface area contributed by atoms with E-state index in [1.54, 1.807) is 4.90 Å². The van der Waals surface area contributed by atoms with E-state index in [1.807, 2.05) is 33.2 Å². The van der Waals surface area contributed by atoms with Crippen molar-refractivity contribution in [3.8, 4) is 11.5 Å². The second-order valence-corrected chi connectivity index (χ2v) is 5.79. The summed E-state index contributed by atoms with van der Waals surface area (Å²) in [5, 5.41) is 0.581. The van der Waals surface area contributed by atoms with E-state index in [0.717, 1.165) is 22.4 Å². The smallest absolute Gasteiger partial charge is 0.268 e. The average Bonchev–Trinajstić information content (AvgIpc) is 2.89. The minimum absolute atomic E-state index is 0.00889. The van der Waals surface area contributed by atoms with Gasteiger partial charge in [-0.05, 0) is 24.6 Å². The Bertz CT molecular complexity index is 656. The maximum atomic E-state index is 11.3. The molecule has 0 radical (unpaired) electrons. The predicted octanol–water partition coefficient (Wildman–Crippen LogP) is 1.02. The summed E-state index contributed by atoms with van der Waals surface area (Å²) < 4.78 is 10.7. The molecule has 0 unspecified atom stereocenters. The third kappa shape index (κ3) is 3.45. The molecule has 4 N–H and O–H groups in total. The molecule has 1 aliphatic rings. The van der Waals surface area contributed by atoms with Crippen LogP contribution in [0.4, 0.5) is 0 Å². The third-order valence-electron chi connectivity index (χ3n) is 2.88. The first-order valence-corrected chi connectivity index (χ1v) is 7.30. The zero-order chi connectivity index (χ0) is 16.3. The fraction of sp³-hybridized carbons (Fsp3) is 0.286. The Kier molecular flexibility index (Phi) is 4.81. The van der Waals surface area contributed by atoms with Gasteiger partial charge in [0.15, 0.2) is 16.7 Å². The van der Waals surface area contributed by atoms with Gasteiger partial charge in [-0.15, -0.1) is 0 Å². The van der Waals surface area contributed by atoms with Crippen LogP contribution >= 0.6 is 11.8 Å². The lowest BCUT2D eigenvalue weighted by atomic mass is 10.2. The summed E-state index contributed by atoms with van der Waals surface area (Å²) >= 11 is 1.39. The maximum Gasteiger partial charge on any atom is 0.268 e. The van der Waals surface area contributed by atoms with Crippen LogP contribution in [0.25, 0.3) is 0 Å². The van der Waals surface area contributed by atoms with E-state index in [9.17, 15) is 4.79 Å². The fourth-order valence-corrected chi connectivity index (χ4v) is 2.63. The van der Waals surface area contributed by atoms with Gasteiger partial charge in [0.05, 0.1) is 0 Å². The Hall–Kier alpha value is -2.35. The summed E-state index contributed by atoms with van der Waals surface area (Å²) in [6.45, 7) is 2.19. The number of primary amides is 1. The van der Waals surface area contributed by atoms with E-state index in [-0.39, 0.29) is 12.5 Å². The van der Waals surface area contributed by atoms with E-state index in [1.165, 1.54) is 11.8 Å². The Morgan fingerprint density at radius 2 is 2.00 bits per heavy atom. The molecule has 2 rings (SSSR count). The number of aliphatic imine (C=N–C) groups is 1. The maximum absolute atomic E-state index is 11.3. The zero-order valence-electron chi connectivity index (χ0n) is 12.6. The standard InChI is InChI=1S/C14H18N4O3S/c1-8-4-10-11(21-7-20-10)5-12(8)22-14(18(2)3)17-9(6-15)13(16)19/h4-6H,7,15H2,1-3H3,(H2,16,19)/b9-6+,17-14?. The van der Waals surface area contributed by atoms with Crippen molar-refractivity contribution in [2.45, 2.75) is 11.8 Å². The minimum atomic E-state index is -0.676. The molecule has 118 valence electrons. The number of fused-ring (bicyclic) bond motifs is 1. The number of thioether (sulfide) groups is 1. The van der Waals surface area contributed by atoms with Gasteiger partial charge in [0.25, 0.3) is 5.91 Å². The Morgan fingerprint density at radius 1 is 1.36 bits per heavy atom. The van der Waals surface area contributed by atoms with Crippen molar-refractivity contribution in [1.82, 2.24) is 4.90 Å². The quantitative estimate of drug-likeness (QED) is 0.373. The van der Waals surface area contributed by atoms with Gasteiger partial charge in [0, 0.05) is 25.2 Å². The predicted molar refractivity (Wildman–Crippen MR) is 85.7 cm³/mol. The average molecular weight is 322 g/mol. The molecule has 8 heteroatoms. The van der Waals surface area contributed by atoms with Crippen LogP contribution in [0.2, 0.25) is 0 Å². The molecule has 0 spiro atoms. The van der Waals surface area contributed by atoms with Crippen LogP contribution in [0.1, 0.15) is 5.56 Å². The molecule has 1 heterocycles. The van der Waals surface area contributed by atoms with Crippen LogP contribution in [0.5, 0.6) is 11.5 Å². The SMILES string of the molecule is Cc1cc2c(cc1SC(=N/C(=C/N)C(N)=O)N(C)C)OCO2. The topological polar surface area (TPSA) is 103 Å². The van der Waals surface area contributed by atoms with Gasteiger partial charge >= 0.3 is 0 Å². The summed E-state index contributed by atoms with van der Waals surface area (Å²) in [5.41, 5.74) is 11.6. The highest BCUT2D eigenvalue weighted by atomic mass is 32.2. The van der Waals surface area contributed by atoms with Crippen LogP contribution in [-0.2, 0) is 4.79 Å². The molecule has 1 aromatic carbocycles. The lowest BCUT2D eigenvalue weighted by molar-refractivity contribution is -0.114. The van der Waals surface area contributed by atoms with Crippen LogP contribution in [-0.4, -0.2) is 36.9 Å². The Balaban J connectivity index is 2.33. The monoisotopic (exact) mass is 322 g/mol. The van der Waals surface area contributed by atoms with Crippen LogP contribution in [0.15, 0.2) is 33.9 Å². The van der Waals surface area contributed by atoms with Gasteiger partial charge in [0.1, 0.15) is 5.70 Å². The van der Waals surface area contributed by atoms with Crippen molar-refractivity contribution in [2.75, 3.05) is 20.9 Å². The lowest BCUT2D eigenvalue weighted by Gasteiger charge is -2.16. The summed E-state index contributed by atoms with van der Waals surface area (Å²) in [6.07, 6.45) is 1.10. The number of aryl methyl sites for hydroxylation is 1. The first kappa shape index (κ1) is 16.0. The number of carbonyl (C=O) groups excluding carboxylic acids is 1. The van der Waals surface area contributed by atoms with E-state index in [0.29, 0.717) is 10.9 Å². The fourth-order valence-electron chi connectivity index (χ4n) is 1.72. The highest BCUT2D eigenvalue weighted by Crippen LogP contribution is 2.38. The molecular formula is C14H18N4O3S. The number of rotatable bonds is 3. The molecule has 7 nitrogen and oxygen atoms in total. The van der Waals surface area contributed by atoms with Gasteiger partial charge in [0.2, 0.25) is 6.79 Å². The van der Waals surface area contributed by atoms with Gasteiger partial charge in [-0.3, -0.25) is 4.79 Å². The van der Waals surface area contributed by atoms with Crippen molar-refractivity contribution >= 4 is 22.8 Å². The molecule has 0 aromatic heterocycles. The molecule has 0 atom stereocenters. The molecule has 1 amide bonds. The number of benzene rings is 1. The van der Waals surface area contributed by atoms with Gasteiger partial charge in [-0.1, -0.05) is 11.8 Å². The van der Waals surface area contributed by atoms with E-state index < -0.39 is 5.91 Å². The summed E-state index contributed by atoms with van der Waals surface area (Å²) in [6, 6.07) is 3.79. The van der Waals surface area contributed by atoms with Crippen LogP contribution < -0.4 is 20.9 Å². The molecule has 0 aliphatic carbocycles. The lowest BCUT2D eigenvalue weighted by Crippen LogP contribution is -2.22. The number of nitrogens with zero attached hydrogens (tertiary/aromatic N) is 2. The van der Waals surface area contributed by atoms with Gasteiger partial charge < -0.3 is 25.8 Å². The summed E-state index contributed by atoms with van der Waals surface area (Å²) in [5.74, 6) is 0.741.